The largest absolute Gasteiger partial charge is 0.363 e. The minimum Gasteiger partial charge on any atom is -0.363 e. The number of piperazine rings is 1. The highest BCUT2D eigenvalue weighted by Crippen LogP contribution is 2.32. The van der Waals surface area contributed by atoms with Crippen LogP contribution in [0.5, 0.6) is 0 Å². The van der Waals surface area contributed by atoms with Crippen molar-refractivity contribution in [2.24, 2.45) is 23.0 Å². The van der Waals surface area contributed by atoms with Crippen molar-refractivity contribution >= 4 is 52.6 Å². The van der Waals surface area contributed by atoms with Gasteiger partial charge in [-0.25, -0.2) is 4.98 Å². The van der Waals surface area contributed by atoms with E-state index in [0.29, 0.717) is 17.1 Å². The number of aromatic nitrogens is 2. The molecule has 2 heterocycles. The molecule has 5 amide bonds. The third-order valence-corrected chi connectivity index (χ3v) is 10.9. The van der Waals surface area contributed by atoms with Gasteiger partial charge in [-0.1, -0.05) is 77.0 Å². The van der Waals surface area contributed by atoms with E-state index in [0.717, 1.165) is 51.4 Å². The SMILES string of the molecule is CC(C)(C)[C@H](NC(=O)[C@H](NC(=O)c1cnccn1)C1CCCCC1)C(=O)N1CCN(c2cccc(Cl)c2)[C@@H](C(=O)NC(CC2CCC2)C(=O)C(N)=O)C1. The summed E-state index contributed by atoms with van der Waals surface area (Å²) in [4.78, 5) is 92.3. The van der Waals surface area contributed by atoms with E-state index in [2.05, 4.69) is 25.9 Å². The van der Waals surface area contributed by atoms with Crippen molar-refractivity contribution in [2.45, 2.75) is 103 Å². The molecule has 1 aliphatic heterocycles. The first-order chi connectivity index (χ1) is 25.2. The number of hydrogen-bond donors (Lipinski definition) is 4. The third-order valence-electron chi connectivity index (χ3n) is 10.7. The lowest BCUT2D eigenvalue weighted by Crippen LogP contribution is -2.66. The lowest BCUT2D eigenvalue weighted by atomic mass is 9.80. The third kappa shape index (κ3) is 10.1. The number of carbonyl (C=O) groups is 6. The highest BCUT2D eigenvalue weighted by molar-refractivity contribution is 6.37. The molecule has 5 rings (SSSR count). The van der Waals surface area contributed by atoms with Crippen molar-refractivity contribution in [3.8, 4) is 0 Å². The molecule has 2 saturated carbocycles. The first kappa shape index (κ1) is 39.6. The second-order valence-corrected chi connectivity index (χ2v) is 16.0. The van der Waals surface area contributed by atoms with E-state index in [1.165, 1.54) is 18.6 Å². The van der Waals surface area contributed by atoms with Crippen LogP contribution in [0.2, 0.25) is 5.02 Å². The second-order valence-electron chi connectivity index (χ2n) is 15.5. The summed E-state index contributed by atoms with van der Waals surface area (Å²) in [6.45, 7) is 5.92. The summed E-state index contributed by atoms with van der Waals surface area (Å²) in [6.07, 6.45) is 11.7. The van der Waals surface area contributed by atoms with Crippen LogP contribution in [0.15, 0.2) is 42.9 Å². The van der Waals surface area contributed by atoms with Gasteiger partial charge >= 0.3 is 0 Å². The van der Waals surface area contributed by atoms with Gasteiger partial charge in [0.25, 0.3) is 11.8 Å². The number of benzene rings is 1. The Hall–Kier alpha value is -4.59. The standard InChI is InChI=1S/C38H51ClN8O6/c1-38(2,3)32(45-36(52)30(24-11-5-4-6-12-24)44-34(50)28-21-41-15-16-42-28)37(53)46-17-18-47(26-14-8-13-25(39)20-26)29(22-46)35(51)43-27(31(48)33(40)49)19-23-9-7-10-23/h8,13-16,20-21,23-24,27,29-30,32H,4-7,9-12,17-19,22H2,1-3H3,(H2,40,49)(H,43,51)(H,44,50)(H,45,52)/t27?,29-,30-,32-/m1/s1. The number of halogens is 1. The molecule has 2 aromatic rings. The zero-order chi connectivity index (χ0) is 38.3. The number of primary amides is 1. The smallest absolute Gasteiger partial charge is 0.287 e. The number of amides is 5. The topological polar surface area (TPSA) is 197 Å². The molecule has 286 valence electrons. The van der Waals surface area contributed by atoms with Gasteiger partial charge in [0.15, 0.2) is 0 Å². The molecule has 0 radical (unpaired) electrons. The fourth-order valence-corrected chi connectivity index (χ4v) is 7.65. The first-order valence-corrected chi connectivity index (χ1v) is 18.9. The van der Waals surface area contributed by atoms with Crippen LogP contribution in [0.1, 0.15) is 89.0 Å². The van der Waals surface area contributed by atoms with Crippen molar-refractivity contribution in [1.29, 1.82) is 0 Å². The Labute approximate surface area is 315 Å². The normalized spacial score (nSPS) is 20.0. The number of nitrogens with zero attached hydrogens (tertiary/aromatic N) is 4. The minimum atomic E-state index is -1.12. The van der Waals surface area contributed by atoms with E-state index in [1.54, 1.807) is 23.1 Å². The molecular formula is C38H51ClN8O6. The molecule has 0 bridgehead atoms. The van der Waals surface area contributed by atoms with E-state index < -0.39 is 64.9 Å². The molecule has 2 aliphatic carbocycles. The van der Waals surface area contributed by atoms with Crippen molar-refractivity contribution in [1.82, 2.24) is 30.8 Å². The molecule has 53 heavy (non-hydrogen) atoms. The van der Waals surface area contributed by atoms with Gasteiger partial charge in [-0.3, -0.25) is 33.8 Å². The van der Waals surface area contributed by atoms with Gasteiger partial charge < -0.3 is 31.5 Å². The number of nitrogens with one attached hydrogen (secondary N) is 3. The van der Waals surface area contributed by atoms with Crippen molar-refractivity contribution in [3.05, 3.63) is 53.6 Å². The number of nitrogens with two attached hydrogens (primary N) is 1. The van der Waals surface area contributed by atoms with E-state index in [4.69, 9.17) is 17.3 Å². The maximum absolute atomic E-state index is 14.5. The lowest BCUT2D eigenvalue weighted by molar-refractivity contribution is -0.142. The van der Waals surface area contributed by atoms with Crippen LogP contribution < -0.4 is 26.6 Å². The molecule has 0 spiro atoms. The molecule has 1 aromatic heterocycles. The van der Waals surface area contributed by atoms with Gasteiger partial charge in [0.1, 0.15) is 23.8 Å². The Bertz CT molecular complexity index is 1660. The van der Waals surface area contributed by atoms with Gasteiger partial charge in [0, 0.05) is 36.2 Å². The Kier molecular flexibility index (Phi) is 13.1. The zero-order valence-corrected chi connectivity index (χ0v) is 31.4. The number of rotatable bonds is 13. The molecule has 3 fully saturated rings. The monoisotopic (exact) mass is 750 g/mol. The van der Waals surface area contributed by atoms with Crippen LogP contribution in [-0.2, 0) is 24.0 Å². The average molecular weight is 751 g/mol. The maximum Gasteiger partial charge on any atom is 0.287 e. The van der Waals surface area contributed by atoms with Gasteiger partial charge in [-0.15, -0.1) is 0 Å². The molecule has 15 heteroatoms. The van der Waals surface area contributed by atoms with Crippen LogP contribution in [-0.4, -0.2) is 94.0 Å². The quantitative estimate of drug-likeness (QED) is 0.223. The molecule has 4 atom stereocenters. The van der Waals surface area contributed by atoms with Crippen LogP contribution >= 0.6 is 11.6 Å². The molecule has 5 N–H and O–H groups in total. The second kappa shape index (κ2) is 17.5. The molecule has 1 aromatic carbocycles. The Morgan fingerprint density at radius 3 is 2.28 bits per heavy atom. The Morgan fingerprint density at radius 2 is 1.68 bits per heavy atom. The van der Waals surface area contributed by atoms with Crippen molar-refractivity contribution < 1.29 is 28.8 Å². The highest BCUT2D eigenvalue weighted by atomic mass is 35.5. The molecule has 3 aliphatic rings. The van der Waals surface area contributed by atoms with Crippen molar-refractivity contribution in [3.63, 3.8) is 0 Å². The number of ketones is 1. The lowest BCUT2D eigenvalue weighted by Gasteiger charge is -2.44. The Balaban J connectivity index is 1.38. The molecular weight excluding hydrogens is 700 g/mol. The van der Waals surface area contributed by atoms with Gasteiger partial charge in [-0.05, 0) is 54.7 Å². The van der Waals surface area contributed by atoms with Crippen LogP contribution in [0.3, 0.4) is 0 Å². The Morgan fingerprint density at radius 1 is 0.943 bits per heavy atom. The number of anilines is 1. The van der Waals surface area contributed by atoms with Gasteiger partial charge in [-0.2, -0.15) is 0 Å². The summed E-state index contributed by atoms with van der Waals surface area (Å²) in [5.74, 6) is -3.86. The van der Waals surface area contributed by atoms with Crippen LogP contribution in [0, 0.1) is 17.3 Å². The average Bonchev–Trinajstić information content (AvgIpc) is 3.12. The van der Waals surface area contributed by atoms with Gasteiger partial charge in [0.05, 0.1) is 18.8 Å². The summed E-state index contributed by atoms with van der Waals surface area (Å²) in [7, 11) is 0. The van der Waals surface area contributed by atoms with Crippen molar-refractivity contribution in [2.75, 3.05) is 24.5 Å². The zero-order valence-electron chi connectivity index (χ0n) is 30.7. The predicted octanol–water partition coefficient (Wildman–Crippen LogP) is 2.79. The van der Waals surface area contributed by atoms with Crippen LogP contribution in [0.4, 0.5) is 5.69 Å². The summed E-state index contributed by atoms with van der Waals surface area (Å²) in [5, 5.41) is 9.12. The summed E-state index contributed by atoms with van der Waals surface area (Å²) < 4.78 is 0. The fourth-order valence-electron chi connectivity index (χ4n) is 7.46. The summed E-state index contributed by atoms with van der Waals surface area (Å²) >= 11 is 6.34. The fraction of sp³-hybridized carbons (Fsp3) is 0.579. The summed E-state index contributed by atoms with van der Waals surface area (Å²) in [6, 6.07) is 3.03. The minimum absolute atomic E-state index is 0.0734. The number of hydrogen-bond acceptors (Lipinski definition) is 9. The molecule has 1 unspecified atom stereocenters. The number of carbonyl (C=O) groups excluding carboxylic acids is 6. The number of Topliss-reactive ketones (excluding diaryl/α,β-unsaturated/α-hetero) is 1. The first-order valence-electron chi connectivity index (χ1n) is 18.5. The van der Waals surface area contributed by atoms with E-state index in [1.807, 2.05) is 31.7 Å². The molecule has 14 nitrogen and oxygen atoms in total. The van der Waals surface area contributed by atoms with E-state index in [9.17, 15) is 28.8 Å². The highest BCUT2D eigenvalue weighted by Gasteiger charge is 2.43. The van der Waals surface area contributed by atoms with E-state index >= 15 is 0 Å². The summed E-state index contributed by atoms with van der Waals surface area (Å²) in [5.41, 5.74) is 5.35. The van der Waals surface area contributed by atoms with E-state index in [-0.39, 0.29) is 37.2 Å². The molecule has 1 saturated heterocycles. The maximum atomic E-state index is 14.5. The predicted molar refractivity (Wildman–Crippen MR) is 199 cm³/mol. The van der Waals surface area contributed by atoms with Crippen LogP contribution in [0.25, 0.3) is 0 Å². The van der Waals surface area contributed by atoms with Gasteiger partial charge in [0.2, 0.25) is 23.5 Å².